The van der Waals surface area contributed by atoms with Gasteiger partial charge in [0.15, 0.2) is 0 Å². The van der Waals surface area contributed by atoms with Crippen molar-refractivity contribution in [3.05, 3.63) is 30.3 Å². The van der Waals surface area contributed by atoms with E-state index in [1.165, 1.54) is 10.6 Å². The van der Waals surface area contributed by atoms with Crippen LogP contribution in [-0.4, -0.2) is 62.9 Å². The molecule has 2 atom stereocenters. The molecule has 0 unspecified atom stereocenters. The molecule has 2 amide bonds. The minimum absolute atomic E-state index is 0.0816. The van der Waals surface area contributed by atoms with Crippen LogP contribution in [0, 0.1) is 11.8 Å². The number of likely N-dealkylation sites (tertiary alicyclic amines) is 1. The predicted octanol–water partition coefficient (Wildman–Crippen LogP) is 2.70. The Hall–Kier alpha value is -1.96. The monoisotopic (exact) mass is 384 g/mol. The highest BCUT2D eigenvalue weighted by molar-refractivity contribution is 5.73. The highest BCUT2D eigenvalue weighted by Crippen LogP contribution is 2.23. The second kappa shape index (κ2) is 8.82. The molecule has 3 rings (SSSR count). The highest BCUT2D eigenvalue weighted by atomic mass is 19.4. The Balaban J connectivity index is 1.31. The Morgan fingerprint density at radius 2 is 1.63 bits per heavy atom. The van der Waals surface area contributed by atoms with Crippen molar-refractivity contribution in [3.63, 3.8) is 0 Å². The zero-order valence-electron chi connectivity index (χ0n) is 15.3. The van der Waals surface area contributed by atoms with E-state index in [2.05, 4.69) is 27.7 Å². The largest absolute Gasteiger partial charge is 0.401 e. The first-order valence-electron chi connectivity index (χ1n) is 9.50. The van der Waals surface area contributed by atoms with Crippen LogP contribution >= 0.6 is 0 Å². The summed E-state index contributed by atoms with van der Waals surface area (Å²) >= 11 is 0. The van der Waals surface area contributed by atoms with Crippen molar-refractivity contribution in [2.24, 2.45) is 11.8 Å². The van der Waals surface area contributed by atoms with Gasteiger partial charge in [-0.25, -0.2) is 4.79 Å². The molecule has 0 aliphatic carbocycles. The number of hydrogen-bond donors (Lipinski definition) is 2. The lowest BCUT2D eigenvalue weighted by molar-refractivity contribution is -0.143. The van der Waals surface area contributed by atoms with Gasteiger partial charge in [-0.2, -0.15) is 13.2 Å². The SMILES string of the molecule is O=C(NC[C@H]1CCN(c2ccccc2)C1)NC[C@@H]1CCN(CC(F)(F)F)C1. The number of nitrogens with zero attached hydrogens (tertiary/aromatic N) is 2. The third kappa shape index (κ3) is 6.30. The molecule has 2 heterocycles. The van der Waals surface area contributed by atoms with E-state index in [1.807, 2.05) is 18.2 Å². The Bertz CT molecular complexity index is 611. The normalized spacial score (nSPS) is 23.6. The summed E-state index contributed by atoms with van der Waals surface area (Å²) in [6.45, 7) is 2.88. The van der Waals surface area contributed by atoms with Crippen molar-refractivity contribution in [2.45, 2.75) is 19.0 Å². The van der Waals surface area contributed by atoms with Crippen molar-refractivity contribution < 1.29 is 18.0 Å². The van der Waals surface area contributed by atoms with Crippen molar-refractivity contribution in [1.29, 1.82) is 0 Å². The summed E-state index contributed by atoms with van der Waals surface area (Å²) in [6.07, 6.45) is -2.44. The fraction of sp³-hybridized carbons (Fsp3) is 0.632. The van der Waals surface area contributed by atoms with Crippen LogP contribution < -0.4 is 15.5 Å². The third-order valence-electron chi connectivity index (χ3n) is 5.28. The van der Waals surface area contributed by atoms with Crippen LogP contribution in [0.3, 0.4) is 0 Å². The molecule has 150 valence electrons. The number of amides is 2. The molecular weight excluding hydrogens is 357 g/mol. The number of carbonyl (C=O) groups excluding carboxylic acids is 1. The molecule has 2 aliphatic rings. The summed E-state index contributed by atoms with van der Waals surface area (Å²) in [7, 11) is 0. The Labute approximate surface area is 157 Å². The average molecular weight is 384 g/mol. The molecule has 8 heteroatoms. The first-order chi connectivity index (χ1) is 12.9. The van der Waals surface area contributed by atoms with Crippen LogP contribution in [0.1, 0.15) is 12.8 Å². The molecule has 0 bridgehead atoms. The van der Waals surface area contributed by atoms with Crippen LogP contribution in [0.25, 0.3) is 0 Å². The third-order valence-corrected chi connectivity index (χ3v) is 5.28. The van der Waals surface area contributed by atoms with Crippen LogP contribution in [0.4, 0.5) is 23.7 Å². The number of anilines is 1. The van der Waals surface area contributed by atoms with Gasteiger partial charge in [-0.3, -0.25) is 4.90 Å². The van der Waals surface area contributed by atoms with Gasteiger partial charge >= 0.3 is 12.2 Å². The molecule has 0 saturated carbocycles. The zero-order valence-corrected chi connectivity index (χ0v) is 15.3. The number of hydrogen-bond acceptors (Lipinski definition) is 3. The minimum atomic E-state index is -4.16. The lowest BCUT2D eigenvalue weighted by Gasteiger charge is -2.19. The summed E-state index contributed by atoms with van der Waals surface area (Å²) in [5, 5.41) is 5.70. The van der Waals surface area contributed by atoms with E-state index in [0.29, 0.717) is 38.5 Å². The molecule has 2 N–H and O–H groups in total. The second-order valence-electron chi connectivity index (χ2n) is 7.53. The van der Waals surface area contributed by atoms with E-state index in [0.717, 1.165) is 19.5 Å². The van der Waals surface area contributed by atoms with Crippen molar-refractivity contribution in [3.8, 4) is 0 Å². The molecule has 27 heavy (non-hydrogen) atoms. The Kier molecular flexibility index (Phi) is 6.46. The number of carbonyl (C=O) groups is 1. The van der Waals surface area contributed by atoms with E-state index in [-0.39, 0.29) is 11.9 Å². The molecule has 2 aliphatic heterocycles. The highest BCUT2D eigenvalue weighted by Gasteiger charge is 2.34. The van der Waals surface area contributed by atoms with E-state index in [9.17, 15) is 18.0 Å². The Morgan fingerprint density at radius 3 is 2.30 bits per heavy atom. The fourth-order valence-corrected chi connectivity index (χ4v) is 3.89. The van der Waals surface area contributed by atoms with E-state index in [1.54, 1.807) is 0 Å². The standard InChI is InChI=1S/C19H27F3N4O/c20-19(21,22)14-25-8-6-15(12-25)10-23-18(27)24-11-16-7-9-26(13-16)17-4-2-1-3-5-17/h1-5,15-16H,6-14H2,(H2,23,24,27)/t15-,16+/m0/s1. The summed E-state index contributed by atoms with van der Waals surface area (Å²) < 4.78 is 37.2. The number of nitrogens with one attached hydrogen (secondary N) is 2. The topological polar surface area (TPSA) is 47.6 Å². The van der Waals surface area contributed by atoms with Gasteiger partial charge in [0, 0.05) is 38.4 Å². The van der Waals surface area contributed by atoms with Crippen molar-refractivity contribution in [1.82, 2.24) is 15.5 Å². The number of rotatable bonds is 6. The van der Waals surface area contributed by atoms with Crippen molar-refractivity contribution in [2.75, 3.05) is 50.7 Å². The maximum Gasteiger partial charge on any atom is 0.401 e. The Morgan fingerprint density at radius 1 is 1.00 bits per heavy atom. The summed E-state index contributed by atoms with van der Waals surface area (Å²) in [4.78, 5) is 15.7. The van der Waals surface area contributed by atoms with Gasteiger partial charge in [0.25, 0.3) is 0 Å². The number of para-hydroxylation sites is 1. The van der Waals surface area contributed by atoms with Gasteiger partial charge < -0.3 is 15.5 Å². The summed E-state index contributed by atoms with van der Waals surface area (Å²) in [5.41, 5.74) is 1.20. The lowest BCUT2D eigenvalue weighted by atomic mass is 10.1. The number of halogens is 3. The average Bonchev–Trinajstić information content (AvgIpc) is 3.27. The lowest BCUT2D eigenvalue weighted by Crippen LogP contribution is -2.41. The number of urea groups is 1. The molecule has 0 aromatic heterocycles. The number of benzene rings is 1. The zero-order chi connectivity index (χ0) is 19.3. The van der Waals surface area contributed by atoms with Crippen LogP contribution in [0.15, 0.2) is 30.3 Å². The first kappa shape index (κ1) is 19.8. The quantitative estimate of drug-likeness (QED) is 0.793. The minimum Gasteiger partial charge on any atom is -0.371 e. The summed E-state index contributed by atoms with van der Waals surface area (Å²) in [5.74, 6) is 0.489. The van der Waals surface area contributed by atoms with Gasteiger partial charge in [0.05, 0.1) is 6.54 Å². The summed E-state index contributed by atoms with van der Waals surface area (Å²) in [6, 6.07) is 9.98. The molecule has 2 fully saturated rings. The maximum absolute atomic E-state index is 12.4. The van der Waals surface area contributed by atoms with Gasteiger partial charge in [0.2, 0.25) is 0 Å². The molecule has 1 aromatic rings. The molecule has 0 spiro atoms. The predicted molar refractivity (Wildman–Crippen MR) is 98.8 cm³/mol. The maximum atomic E-state index is 12.4. The van der Waals surface area contributed by atoms with Crippen LogP contribution in [0.2, 0.25) is 0 Å². The fourth-order valence-electron chi connectivity index (χ4n) is 3.89. The van der Waals surface area contributed by atoms with Gasteiger partial charge in [-0.1, -0.05) is 18.2 Å². The second-order valence-corrected chi connectivity index (χ2v) is 7.53. The molecule has 0 radical (unpaired) electrons. The smallest absolute Gasteiger partial charge is 0.371 e. The first-order valence-corrected chi connectivity index (χ1v) is 9.50. The van der Waals surface area contributed by atoms with Crippen LogP contribution in [0.5, 0.6) is 0 Å². The van der Waals surface area contributed by atoms with Crippen molar-refractivity contribution >= 4 is 11.7 Å². The molecular formula is C19H27F3N4O. The molecule has 1 aromatic carbocycles. The van der Waals surface area contributed by atoms with E-state index in [4.69, 9.17) is 0 Å². The van der Waals surface area contributed by atoms with E-state index < -0.39 is 12.7 Å². The van der Waals surface area contributed by atoms with E-state index >= 15 is 0 Å². The van der Waals surface area contributed by atoms with Gasteiger partial charge in [0.1, 0.15) is 0 Å². The van der Waals surface area contributed by atoms with Gasteiger partial charge in [-0.15, -0.1) is 0 Å². The molecule has 2 saturated heterocycles. The number of alkyl halides is 3. The molecule has 5 nitrogen and oxygen atoms in total. The van der Waals surface area contributed by atoms with Crippen LogP contribution in [-0.2, 0) is 0 Å². The van der Waals surface area contributed by atoms with Gasteiger partial charge in [-0.05, 0) is 43.4 Å².